The van der Waals surface area contributed by atoms with Crippen molar-refractivity contribution in [1.82, 2.24) is 9.47 Å². The molecule has 1 N–H and O–H groups in total. The minimum atomic E-state index is -0.444. The number of carbonyl (C=O) groups is 3. The van der Waals surface area contributed by atoms with Gasteiger partial charge in [-0.05, 0) is 61.9 Å². The quantitative estimate of drug-likeness (QED) is 0.819. The highest BCUT2D eigenvalue weighted by Crippen LogP contribution is 2.32. The van der Waals surface area contributed by atoms with E-state index in [9.17, 15) is 14.4 Å². The number of aromatic nitrogens is 1. The molecule has 0 spiro atoms. The van der Waals surface area contributed by atoms with E-state index in [1.807, 2.05) is 62.7 Å². The number of aryl methyl sites for hydroxylation is 3. The van der Waals surface area contributed by atoms with E-state index >= 15 is 0 Å². The zero-order valence-corrected chi connectivity index (χ0v) is 16.5. The lowest BCUT2D eigenvalue weighted by Gasteiger charge is -2.15. The van der Waals surface area contributed by atoms with Crippen LogP contribution in [-0.2, 0) is 16.6 Å². The van der Waals surface area contributed by atoms with Gasteiger partial charge in [-0.15, -0.1) is 0 Å². The molecule has 0 saturated carbocycles. The normalized spacial score (nSPS) is 15.7. The summed E-state index contributed by atoms with van der Waals surface area (Å²) >= 11 is 0.854. The van der Waals surface area contributed by atoms with Crippen LogP contribution in [0.2, 0.25) is 0 Å². The highest BCUT2D eigenvalue weighted by atomic mass is 32.2. The highest BCUT2D eigenvalue weighted by molar-refractivity contribution is 8.18. The SMILES string of the molecule is Cc1cccc(C)c1NC(=O)CN1C(=O)S/C(=C\c2ccc(C)n2C)C1=O. The van der Waals surface area contributed by atoms with Crippen LogP contribution in [0.25, 0.3) is 6.08 Å². The van der Waals surface area contributed by atoms with Gasteiger partial charge in [-0.3, -0.25) is 19.3 Å². The van der Waals surface area contributed by atoms with E-state index in [2.05, 4.69) is 5.32 Å². The molecule has 6 nitrogen and oxygen atoms in total. The van der Waals surface area contributed by atoms with Crippen molar-refractivity contribution < 1.29 is 14.4 Å². The van der Waals surface area contributed by atoms with Gasteiger partial charge in [0.2, 0.25) is 5.91 Å². The van der Waals surface area contributed by atoms with Crippen LogP contribution in [0, 0.1) is 20.8 Å². The monoisotopic (exact) mass is 383 g/mol. The van der Waals surface area contributed by atoms with Crippen molar-refractivity contribution in [3.05, 3.63) is 57.8 Å². The molecule has 140 valence electrons. The molecule has 2 aromatic rings. The second kappa shape index (κ2) is 7.44. The molecule has 1 aromatic carbocycles. The van der Waals surface area contributed by atoms with Crippen LogP contribution in [0.1, 0.15) is 22.5 Å². The third-order valence-corrected chi connectivity index (χ3v) is 5.52. The molecule has 1 aliphatic rings. The first kappa shape index (κ1) is 19.0. The molecule has 27 heavy (non-hydrogen) atoms. The molecule has 0 atom stereocenters. The van der Waals surface area contributed by atoms with Crippen molar-refractivity contribution in [1.29, 1.82) is 0 Å². The third kappa shape index (κ3) is 3.83. The Kier molecular flexibility index (Phi) is 5.23. The number of anilines is 1. The van der Waals surface area contributed by atoms with Crippen molar-refractivity contribution in [3.8, 4) is 0 Å². The summed E-state index contributed by atoms with van der Waals surface area (Å²) in [6.45, 7) is 5.45. The zero-order valence-electron chi connectivity index (χ0n) is 15.7. The topological polar surface area (TPSA) is 71.4 Å². The molecule has 2 heterocycles. The Morgan fingerprint density at radius 1 is 1.11 bits per heavy atom. The standard InChI is InChI=1S/C20H21N3O3S/c1-12-6-5-7-13(2)18(12)21-17(24)11-23-19(25)16(27-20(23)26)10-15-9-8-14(3)22(15)4/h5-10H,11H2,1-4H3,(H,21,24)/b16-10-. The Hall–Kier alpha value is -2.80. The Balaban J connectivity index is 1.74. The first-order chi connectivity index (χ1) is 12.8. The zero-order chi connectivity index (χ0) is 19.7. The van der Waals surface area contributed by atoms with Gasteiger partial charge in [0.15, 0.2) is 0 Å². The minimum absolute atomic E-state index is 0.304. The number of imide groups is 1. The van der Waals surface area contributed by atoms with Crippen LogP contribution in [-0.4, -0.2) is 33.1 Å². The fraction of sp³-hybridized carbons (Fsp3) is 0.250. The average Bonchev–Trinajstić information content (AvgIpc) is 3.06. The molecule has 1 saturated heterocycles. The van der Waals surface area contributed by atoms with Gasteiger partial charge >= 0.3 is 0 Å². The fourth-order valence-electron chi connectivity index (χ4n) is 2.88. The first-order valence-corrected chi connectivity index (χ1v) is 9.33. The van der Waals surface area contributed by atoms with Crippen molar-refractivity contribution >= 4 is 40.6 Å². The molecule has 0 unspecified atom stereocenters. The van der Waals surface area contributed by atoms with Crippen molar-refractivity contribution in [2.45, 2.75) is 20.8 Å². The van der Waals surface area contributed by atoms with Gasteiger partial charge in [0.25, 0.3) is 11.1 Å². The van der Waals surface area contributed by atoms with Crippen LogP contribution in [0.4, 0.5) is 10.5 Å². The molecule has 3 rings (SSSR count). The van der Waals surface area contributed by atoms with Crippen LogP contribution >= 0.6 is 11.8 Å². The Bertz CT molecular complexity index is 955. The van der Waals surface area contributed by atoms with Crippen LogP contribution in [0.3, 0.4) is 0 Å². The number of nitrogens with zero attached hydrogens (tertiary/aromatic N) is 2. The van der Waals surface area contributed by atoms with E-state index in [1.165, 1.54) is 0 Å². The van der Waals surface area contributed by atoms with Gasteiger partial charge < -0.3 is 9.88 Å². The molecule has 1 fully saturated rings. The number of hydrogen-bond donors (Lipinski definition) is 1. The van der Waals surface area contributed by atoms with E-state index in [0.29, 0.717) is 10.6 Å². The van der Waals surface area contributed by atoms with Crippen LogP contribution in [0.15, 0.2) is 35.2 Å². The summed E-state index contributed by atoms with van der Waals surface area (Å²) in [5, 5.41) is 2.37. The summed E-state index contributed by atoms with van der Waals surface area (Å²) in [5.74, 6) is -0.842. The lowest BCUT2D eigenvalue weighted by atomic mass is 10.1. The lowest BCUT2D eigenvalue weighted by Crippen LogP contribution is -2.36. The number of thioether (sulfide) groups is 1. The number of carbonyl (C=O) groups excluding carboxylic acids is 3. The van der Waals surface area contributed by atoms with Crippen molar-refractivity contribution in [2.75, 3.05) is 11.9 Å². The molecule has 0 radical (unpaired) electrons. The molecular formula is C20H21N3O3S. The van der Waals surface area contributed by atoms with Gasteiger partial charge in [-0.2, -0.15) is 0 Å². The second-order valence-electron chi connectivity index (χ2n) is 6.54. The van der Waals surface area contributed by atoms with Gasteiger partial charge in [0.05, 0.1) is 4.91 Å². The van der Waals surface area contributed by atoms with E-state index in [4.69, 9.17) is 0 Å². The molecule has 1 aromatic heterocycles. The summed E-state index contributed by atoms with van der Waals surface area (Å²) < 4.78 is 1.93. The Morgan fingerprint density at radius 3 is 2.37 bits per heavy atom. The smallest absolute Gasteiger partial charge is 0.294 e. The molecule has 7 heteroatoms. The second-order valence-corrected chi connectivity index (χ2v) is 7.53. The van der Waals surface area contributed by atoms with Gasteiger partial charge in [0.1, 0.15) is 6.54 Å². The molecular weight excluding hydrogens is 362 g/mol. The Labute approximate surface area is 162 Å². The molecule has 0 aliphatic carbocycles. The van der Waals surface area contributed by atoms with Crippen LogP contribution < -0.4 is 5.32 Å². The highest BCUT2D eigenvalue weighted by Gasteiger charge is 2.36. The number of para-hydroxylation sites is 1. The van der Waals surface area contributed by atoms with Gasteiger partial charge in [-0.1, -0.05) is 18.2 Å². The summed E-state index contributed by atoms with van der Waals surface area (Å²) in [4.78, 5) is 38.5. The summed E-state index contributed by atoms with van der Waals surface area (Å²) in [6.07, 6.45) is 1.68. The molecule has 1 aliphatic heterocycles. The first-order valence-electron chi connectivity index (χ1n) is 8.51. The van der Waals surface area contributed by atoms with Gasteiger partial charge in [0, 0.05) is 24.1 Å². The van der Waals surface area contributed by atoms with E-state index < -0.39 is 17.1 Å². The van der Waals surface area contributed by atoms with E-state index in [0.717, 1.165) is 39.2 Å². The maximum absolute atomic E-state index is 12.6. The maximum atomic E-state index is 12.6. The largest absolute Gasteiger partial charge is 0.348 e. The summed E-state index contributed by atoms with van der Waals surface area (Å²) in [5.41, 5.74) is 4.45. The number of nitrogens with one attached hydrogen (secondary N) is 1. The van der Waals surface area contributed by atoms with Crippen molar-refractivity contribution in [2.24, 2.45) is 7.05 Å². The third-order valence-electron chi connectivity index (χ3n) is 4.61. The van der Waals surface area contributed by atoms with E-state index in [1.54, 1.807) is 6.08 Å². The maximum Gasteiger partial charge on any atom is 0.294 e. The summed E-state index contributed by atoms with van der Waals surface area (Å²) in [6, 6.07) is 9.53. The van der Waals surface area contributed by atoms with Crippen LogP contribution in [0.5, 0.6) is 0 Å². The van der Waals surface area contributed by atoms with Crippen molar-refractivity contribution in [3.63, 3.8) is 0 Å². The number of amides is 3. The predicted molar refractivity (Wildman–Crippen MR) is 107 cm³/mol. The lowest BCUT2D eigenvalue weighted by molar-refractivity contribution is -0.127. The summed E-state index contributed by atoms with van der Waals surface area (Å²) in [7, 11) is 1.89. The number of hydrogen-bond acceptors (Lipinski definition) is 4. The Morgan fingerprint density at radius 2 is 1.78 bits per heavy atom. The predicted octanol–water partition coefficient (Wildman–Crippen LogP) is 3.63. The fourth-order valence-corrected chi connectivity index (χ4v) is 3.71. The molecule has 0 bridgehead atoms. The van der Waals surface area contributed by atoms with E-state index in [-0.39, 0.29) is 6.54 Å². The minimum Gasteiger partial charge on any atom is -0.348 e. The number of benzene rings is 1. The van der Waals surface area contributed by atoms with Gasteiger partial charge in [-0.25, -0.2) is 0 Å². The number of rotatable bonds is 4. The average molecular weight is 383 g/mol. The molecule has 3 amide bonds.